The molecule has 29 heavy (non-hydrogen) atoms. The van der Waals surface area contributed by atoms with Crippen molar-refractivity contribution < 1.29 is 22.7 Å². The van der Waals surface area contributed by atoms with Crippen LogP contribution in [0.1, 0.15) is 20.8 Å². The zero-order valence-electron chi connectivity index (χ0n) is 17.4. The molecule has 0 saturated heterocycles. The Bertz CT molecular complexity index is 929. The van der Waals surface area contributed by atoms with E-state index in [9.17, 15) is 13.2 Å². The van der Waals surface area contributed by atoms with Crippen LogP contribution in [-0.4, -0.2) is 41.1 Å². The monoisotopic (exact) mass is 420 g/mol. The summed E-state index contributed by atoms with van der Waals surface area (Å²) in [7, 11) is -1.12. The highest BCUT2D eigenvalue weighted by Gasteiger charge is 2.28. The molecule has 1 N–H and O–H groups in total. The number of anilines is 1. The standard InChI is InChI=1S/C21H28N2O5S/c1-15(2)16(3)22-21(24)14-23(17-9-7-6-8-10-17)29(25,26)18-11-12-19(27-4)20(13-18)28-5/h6-13,15-16H,14H2,1-5H3,(H,22,24)/t16-/m1/s1. The zero-order chi connectivity index (χ0) is 21.6. The summed E-state index contributed by atoms with van der Waals surface area (Å²) in [5.74, 6) is 0.561. The second kappa shape index (κ2) is 9.65. The Morgan fingerprint density at radius 1 is 1.00 bits per heavy atom. The molecule has 2 aromatic rings. The maximum Gasteiger partial charge on any atom is 0.264 e. The van der Waals surface area contributed by atoms with Crippen LogP contribution in [0.4, 0.5) is 5.69 Å². The van der Waals surface area contributed by atoms with Crippen molar-refractivity contribution in [2.45, 2.75) is 31.7 Å². The number of carbonyl (C=O) groups is 1. The molecule has 0 heterocycles. The molecule has 1 atom stereocenters. The third-order valence-corrected chi connectivity index (χ3v) is 6.43. The van der Waals surface area contributed by atoms with Gasteiger partial charge in [-0.05, 0) is 37.1 Å². The first kappa shape index (κ1) is 22.5. The van der Waals surface area contributed by atoms with Crippen LogP contribution in [0.15, 0.2) is 53.4 Å². The van der Waals surface area contributed by atoms with Gasteiger partial charge in [-0.15, -0.1) is 0 Å². The van der Waals surface area contributed by atoms with E-state index < -0.39 is 10.0 Å². The van der Waals surface area contributed by atoms with Crippen molar-refractivity contribution in [1.82, 2.24) is 5.32 Å². The number of methoxy groups -OCH3 is 2. The number of hydrogen-bond donors (Lipinski definition) is 1. The maximum absolute atomic E-state index is 13.4. The lowest BCUT2D eigenvalue weighted by atomic mass is 10.1. The van der Waals surface area contributed by atoms with Gasteiger partial charge < -0.3 is 14.8 Å². The van der Waals surface area contributed by atoms with Gasteiger partial charge in [0.1, 0.15) is 6.54 Å². The van der Waals surface area contributed by atoms with Gasteiger partial charge >= 0.3 is 0 Å². The van der Waals surface area contributed by atoms with Crippen LogP contribution in [0, 0.1) is 5.92 Å². The summed E-state index contributed by atoms with van der Waals surface area (Å²) in [5.41, 5.74) is 0.398. The van der Waals surface area contributed by atoms with Crippen molar-refractivity contribution in [1.29, 1.82) is 0 Å². The summed E-state index contributed by atoms with van der Waals surface area (Å²) in [6, 6.07) is 12.8. The zero-order valence-corrected chi connectivity index (χ0v) is 18.2. The van der Waals surface area contributed by atoms with Gasteiger partial charge in [-0.25, -0.2) is 8.42 Å². The Morgan fingerprint density at radius 3 is 2.17 bits per heavy atom. The van der Waals surface area contributed by atoms with Crippen LogP contribution in [0.2, 0.25) is 0 Å². The first-order valence-electron chi connectivity index (χ1n) is 9.30. The molecule has 7 nitrogen and oxygen atoms in total. The maximum atomic E-state index is 13.4. The fraction of sp³-hybridized carbons (Fsp3) is 0.381. The number of amides is 1. The van der Waals surface area contributed by atoms with Crippen molar-refractivity contribution in [3.63, 3.8) is 0 Å². The quantitative estimate of drug-likeness (QED) is 0.674. The van der Waals surface area contributed by atoms with Gasteiger partial charge in [0.2, 0.25) is 5.91 Å². The van der Waals surface area contributed by atoms with E-state index in [1.165, 1.54) is 32.4 Å². The predicted molar refractivity (Wildman–Crippen MR) is 113 cm³/mol. The van der Waals surface area contributed by atoms with Crippen LogP contribution in [0.25, 0.3) is 0 Å². The number of hydrogen-bond acceptors (Lipinski definition) is 5. The van der Waals surface area contributed by atoms with Gasteiger partial charge in [0.05, 0.1) is 24.8 Å². The second-order valence-electron chi connectivity index (χ2n) is 6.96. The Hall–Kier alpha value is -2.74. The molecule has 0 radical (unpaired) electrons. The lowest BCUT2D eigenvalue weighted by Crippen LogP contribution is -2.45. The van der Waals surface area contributed by atoms with Crippen molar-refractivity contribution in [2.75, 3.05) is 25.1 Å². The molecule has 1 amide bonds. The smallest absolute Gasteiger partial charge is 0.264 e. The summed E-state index contributed by atoms with van der Waals surface area (Å²) in [6.07, 6.45) is 0. The number of para-hydroxylation sites is 1. The average Bonchev–Trinajstić information content (AvgIpc) is 2.71. The lowest BCUT2D eigenvalue weighted by molar-refractivity contribution is -0.120. The van der Waals surface area contributed by atoms with E-state index in [1.54, 1.807) is 30.3 Å². The molecule has 0 fully saturated rings. The van der Waals surface area contributed by atoms with Crippen LogP contribution < -0.4 is 19.1 Å². The molecular weight excluding hydrogens is 392 g/mol. The van der Waals surface area contributed by atoms with Gasteiger partial charge in [-0.1, -0.05) is 32.0 Å². The summed E-state index contributed by atoms with van der Waals surface area (Å²) in [4.78, 5) is 12.6. The highest BCUT2D eigenvalue weighted by Crippen LogP contribution is 2.32. The molecule has 2 rings (SSSR count). The van der Waals surface area contributed by atoms with Crippen LogP contribution in [0.3, 0.4) is 0 Å². The molecule has 0 aromatic heterocycles. The molecule has 0 aliphatic carbocycles. The van der Waals surface area contributed by atoms with E-state index in [4.69, 9.17) is 9.47 Å². The average molecular weight is 421 g/mol. The minimum Gasteiger partial charge on any atom is -0.493 e. The minimum atomic E-state index is -4.03. The minimum absolute atomic E-state index is 0.00344. The number of benzene rings is 2. The van der Waals surface area contributed by atoms with E-state index in [2.05, 4.69) is 5.32 Å². The van der Waals surface area contributed by atoms with Gasteiger partial charge in [-0.3, -0.25) is 9.10 Å². The molecule has 0 aliphatic heterocycles. The molecule has 0 aliphatic rings. The van der Waals surface area contributed by atoms with Crippen LogP contribution >= 0.6 is 0 Å². The summed E-state index contributed by atoms with van der Waals surface area (Å²) in [5, 5.41) is 2.85. The Balaban J connectivity index is 2.44. The lowest BCUT2D eigenvalue weighted by Gasteiger charge is -2.26. The molecule has 2 aromatic carbocycles. The predicted octanol–water partition coefficient (Wildman–Crippen LogP) is 3.06. The molecule has 0 spiro atoms. The van der Waals surface area contributed by atoms with E-state index >= 15 is 0 Å². The molecule has 0 bridgehead atoms. The number of nitrogens with zero attached hydrogens (tertiary/aromatic N) is 1. The fourth-order valence-electron chi connectivity index (χ4n) is 2.61. The number of sulfonamides is 1. The summed E-state index contributed by atoms with van der Waals surface area (Å²) in [6.45, 7) is 5.52. The first-order valence-corrected chi connectivity index (χ1v) is 10.7. The molecule has 0 unspecified atom stereocenters. The van der Waals surface area contributed by atoms with Gasteiger partial charge in [0, 0.05) is 12.1 Å². The van der Waals surface area contributed by atoms with Crippen molar-refractivity contribution in [3.8, 4) is 11.5 Å². The third-order valence-electron chi connectivity index (χ3n) is 4.66. The second-order valence-corrected chi connectivity index (χ2v) is 8.83. The highest BCUT2D eigenvalue weighted by molar-refractivity contribution is 7.92. The first-order chi connectivity index (χ1) is 13.7. The highest BCUT2D eigenvalue weighted by atomic mass is 32.2. The molecular formula is C21H28N2O5S. The van der Waals surface area contributed by atoms with Gasteiger partial charge in [0.15, 0.2) is 11.5 Å². The Labute approximate surface area is 172 Å². The van der Waals surface area contributed by atoms with Crippen molar-refractivity contribution in [2.24, 2.45) is 5.92 Å². The molecule has 0 saturated carbocycles. The van der Waals surface area contributed by atoms with Gasteiger partial charge in [0.25, 0.3) is 10.0 Å². The van der Waals surface area contributed by atoms with Gasteiger partial charge in [-0.2, -0.15) is 0 Å². The van der Waals surface area contributed by atoms with E-state index in [-0.39, 0.29) is 29.3 Å². The largest absolute Gasteiger partial charge is 0.493 e. The summed E-state index contributed by atoms with van der Waals surface area (Å²) >= 11 is 0. The number of ether oxygens (including phenoxy) is 2. The topological polar surface area (TPSA) is 84.9 Å². The normalized spacial score (nSPS) is 12.3. The van der Waals surface area contributed by atoms with E-state index in [1.807, 2.05) is 20.8 Å². The van der Waals surface area contributed by atoms with E-state index in [0.717, 1.165) is 4.31 Å². The third kappa shape index (κ3) is 5.41. The van der Waals surface area contributed by atoms with Crippen molar-refractivity contribution >= 4 is 21.6 Å². The molecule has 8 heteroatoms. The Morgan fingerprint density at radius 2 is 1.62 bits per heavy atom. The summed E-state index contributed by atoms with van der Waals surface area (Å²) < 4.78 is 38.3. The van der Waals surface area contributed by atoms with Crippen molar-refractivity contribution in [3.05, 3.63) is 48.5 Å². The molecule has 158 valence electrons. The number of carbonyl (C=O) groups excluding carboxylic acids is 1. The van der Waals surface area contributed by atoms with Crippen LogP contribution in [-0.2, 0) is 14.8 Å². The fourth-order valence-corrected chi connectivity index (χ4v) is 4.05. The number of rotatable bonds is 9. The number of nitrogens with one attached hydrogen (secondary N) is 1. The van der Waals surface area contributed by atoms with Crippen LogP contribution in [0.5, 0.6) is 11.5 Å². The SMILES string of the molecule is COc1ccc(S(=O)(=O)N(CC(=O)N[C@H](C)C(C)C)c2ccccc2)cc1OC. The Kier molecular flexibility index (Phi) is 7.50. The van der Waals surface area contributed by atoms with E-state index in [0.29, 0.717) is 17.2 Å².